The van der Waals surface area contributed by atoms with Crippen molar-refractivity contribution in [3.05, 3.63) is 42.0 Å². The van der Waals surface area contributed by atoms with Crippen LogP contribution in [-0.4, -0.2) is 10.9 Å². The van der Waals surface area contributed by atoms with Crippen LogP contribution in [0.25, 0.3) is 0 Å². The number of thioether (sulfide) groups is 1. The van der Waals surface area contributed by atoms with Gasteiger partial charge in [0.2, 0.25) is 0 Å². The number of aliphatic hydroxyl groups is 1. The highest BCUT2D eigenvalue weighted by molar-refractivity contribution is 7.99. The Hall–Kier alpha value is -0.730. The molecule has 0 aliphatic carbocycles. The first-order chi connectivity index (χ1) is 7.13. The molecule has 0 heterocycles. The zero-order valence-corrected chi connectivity index (χ0v) is 10.2. The van der Waals surface area contributed by atoms with Crippen LogP contribution >= 0.6 is 11.8 Å². The fourth-order valence-electron chi connectivity index (χ4n) is 1.13. The maximum atomic E-state index is 9.35. The summed E-state index contributed by atoms with van der Waals surface area (Å²) in [6.45, 7) is 7.88. The van der Waals surface area contributed by atoms with Crippen molar-refractivity contribution in [2.24, 2.45) is 0 Å². The maximum Gasteiger partial charge on any atom is 0.0761 e. The molecule has 0 saturated carbocycles. The zero-order chi connectivity index (χ0) is 11.3. The van der Waals surface area contributed by atoms with Crippen molar-refractivity contribution in [3.63, 3.8) is 0 Å². The number of hydrogen-bond acceptors (Lipinski definition) is 2. The Morgan fingerprint density at radius 2 is 2.00 bits per heavy atom. The van der Waals surface area contributed by atoms with Gasteiger partial charge in [0.1, 0.15) is 0 Å². The van der Waals surface area contributed by atoms with Gasteiger partial charge in [0.25, 0.3) is 0 Å². The van der Waals surface area contributed by atoms with Gasteiger partial charge >= 0.3 is 0 Å². The van der Waals surface area contributed by atoms with Crippen LogP contribution in [0.1, 0.15) is 31.9 Å². The lowest BCUT2D eigenvalue weighted by Crippen LogP contribution is -1.90. The van der Waals surface area contributed by atoms with E-state index in [2.05, 4.69) is 25.6 Å². The minimum atomic E-state index is -0.380. The first-order valence-corrected chi connectivity index (χ1v) is 6.19. The second-order valence-corrected chi connectivity index (χ2v) is 4.69. The van der Waals surface area contributed by atoms with Crippen LogP contribution in [0.15, 0.2) is 41.3 Å². The Morgan fingerprint density at radius 1 is 1.40 bits per heavy atom. The Labute approximate surface area is 96.2 Å². The van der Waals surface area contributed by atoms with Gasteiger partial charge in [0, 0.05) is 10.6 Å². The Bertz CT molecular complexity index is 314. The van der Waals surface area contributed by atoms with Gasteiger partial charge in [-0.2, -0.15) is 0 Å². The second kappa shape index (κ2) is 5.99. The molecular weight excluding hydrogens is 204 g/mol. The fourth-order valence-corrected chi connectivity index (χ4v) is 2.03. The van der Waals surface area contributed by atoms with Gasteiger partial charge in [0.05, 0.1) is 6.10 Å². The molecule has 0 spiro atoms. The minimum absolute atomic E-state index is 0.380. The quantitative estimate of drug-likeness (QED) is 0.604. The Kier molecular flexibility index (Phi) is 4.92. The van der Waals surface area contributed by atoms with Crippen molar-refractivity contribution in [1.29, 1.82) is 0 Å². The third-order valence-electron chi connectivity index (χ3n) is 2.31. The molecule has 0 amide bonds. The van der Waals surface area contributed by atoms with E-state index in [1.54, 1.807) is 18.7 Å². The predicted molar refractivity (Wildman–Crippen MR) is 67.2 cm³/mol. The molecule has 2 heteroatoms. The maximum absolute atomic E-state index is 9.35. The van der Waals surface area contributed by atoms with Gasteiger partial charge in [-0.1, -0.05) is 31.2 Å². The van der Waals surface area contributed by atoms with E-state index >= 15 is 0 Å². The average molecular weight is 222 g/mol. The molecule has 1 rings (SSSR count). The van der Waals surface area contributed by atoms with Gasteiger partial charge < -0.3 is 5.11 Å². The third-order valence-corrected chi connectivity index (χ3v) is 3.46. The molecule has 0 aliphatic heterocycles. The molecule has 15 heavy (non-hydrogen) atoms. The van der Waals surface area contributed by atoms with Crippen LogP contribution in [-0.2, 0) is 0 Å². The molecule has 1 aromatic rings. The highest BCUT2D eigenvalue weighted by Crippen LogP contribution is 2.23. The van der Waals surface area contributed by atoms with Crippen molar-refractivity contribution in [2.75, 3.05) is 5.75 Å². The van der Waals surface area contributed by atoms with E-state index in [0.717, 1.165) is 17.7 Å². The van der Waals surface area contributed by atoms with Crippen LogP contribution in [0, 0.1) is 0 Å². The van der Waals surface area contributed by atoms with Gasteiger partial charge in [-0.3, -0.25) is 0 Å². The summed E-state index contributed by atoms with van der Waals surface area (Å²) in [5.41, 5.74) is 2.23. The van der Waals surface area contributed by atoms with Gasteiger partial charge in [-0.05, 0) is 31.0 Å². The largest absolute Gasteiger partial charge is 0.389 e. The summed E-state index contributed by atoms with van der Waals surface area (Å²) in [5, 5.41) is 9.35. The van der Waals surface area contributed by atoms with E-state index in [4.69, 9.17) is 0 Å². The molecule has 82 valence electrons. The van der Waals surface area contributed by atoms with Crippen LogP contribution in [0.4, 0.5) is 0 Å². The van der Waals surface area contributed by atoms with Gasteiger partial charge in [-0.15, -0.1) is 11.8 Å². The molecule has 1 atom stereocenters. The summed E-state index contributed by atoms with van der Waals surface area (Å²) in [4.78, 5) is 1.23. The first-order valence-electron chi connectivity index (χ1n) is 5.21. The van der Waals surface area contributed by atoms with Crippen molar-refractivity contribution in [3.8, 4) is 0 Å². The monoisotopic (exact) mass is 222 g/mol. The Morgan fingerprint density at radius 3 is 2.47 bits per heavy atom. The van der Waals surface area contributed by atoms with E-state index in [1.165, 1.54) is 10.5 Å². The van der Waals surface area contributed by atoms with E-state index < -0.39 is 0 Å². The predicted octanol–water partition coefficient (Wildman–Crippen LogP) is 3.80. The number of rotatable bonds is 5. The van der Waals surface area contributed by atoms with Crippen LogP contribution in [0.3, 0.4) is 0 Å². The molecule has 0 radical (unpaired) electrons. The number of benzene rings is 1. The molecule has 1 N–H and O–H groups in total. The van der Waals surface area contributed by atoms with E-state index in [-0.39, 0.29) is 6.10 Å². The average Bonchev–Trinajstić information content (AvgIpc) is 2.26. The zero-order valence-electron chi connectivity index (χ0n) is 9.36. The lowest BCUT2D eigenvalue weighted by Gasteiger charge is -2.06. The molecule has 0 fully saturated rings. The summed E-state index contributed by atoms with van der Waals surface area (Å²) < 4.78 is 0. The highest BCUT2D eigenvalue weighted by atomic mass is 32.2. The summed E-state index contributed by atoms with van der Waals surface area (Å²) >= 11 is 1.79. The van der Waals surface area contributed by atoms with Crippen molar-refractivity contribution >= 4 is 11.8 Å². The topological polar surface area (TPSA) is 20.2 Å². The Balaban J connectivity index is 2.53. The molecule has 1 unspecified atom stereocenters. The molecule has 0 saturated heterocycles. The third kappa shape index (κ3) is 4.10. The van der Waals surface area contributed by atoms with E-state index in [9.17, 15) is 5.11 Å². The summed E-state index contributed by atoms with van der Waals surface area (Å²) in [7, 11) is 0. The minimum Gasteiger partial charge on any atom is -0.389 e. The second-order valence-electron chi connectivity index (χ2n) is 3.64. The first kappa shape index (κ1) is 12.3. The van der Waals surface area contributed by atoms with Gasteiger partial charge in [-0.25, -0.2) is 0 Å². The lowest BCUT2D eigenvalue weighted by atomic mass is 10.1. The van der Waals surface area contributed by atoms with Gasteiger partial charge in [0.15, 0.2) is 0 Å². The highest BCUT2D eigenvalue weighted by Gasteiger charge is 2.00. The molecule has 1 aromatic carbocycles. The van der Waals surface area contributed by atoms with Crippen molar-refractivity contribution < 1.29 is 5.11 Å². The molecular formula is C13H18OS. The molecule has 0 aromatic heterocycles. The fraction of sp³-hybridized carbons (Fsp3) is 0.385. The van der Waals surface area contributed by atoms with E-state index in [0.29, 0.717) is 0 Å². The van der Waals surface area contributed by atoms with Crippen molar-refractivity contribution in [2.45, 2.75) is 31.3 Å². The van der Waals surface area contributed by atoms with E-state index in [1.807, 2.05) is 12.1 Å². The molecule has 0 bridgehead atoms. The summed E-state index contributed by atoms with van der Waals surface area (Å²) in [5.74, 6) is 0.977. The number of hydrogen-bond donors (Lipinski definition) is 1. The number of aliphatic hydroxyl groups excluding tert-OH is 1. The summed E-state index contributed by atoms with van der Waals surface area (Å²) in [6.07, 6.45) is 0.660. The van der Waals surface area contributed by atoms with Crippen LogP contribution < -0.4 is 0 Å². The smallest absolute Gasteiger partial charge is 0.0761 e. The lowest BCUT2D eigenvalue weighted by molar-refractivity contribution is 0.199. The summed E-state index contributed by atoms with van der Waals surface area (Å²) in [6, 6.07) is 8.05. The standard InChI is InChI=1S/C13H18OS/c1-4-10(2)9-15-13-7-5-12(6-8-13)11(3)14/h5-8,11,14H,2,4,9H2,1,3H3. The normalized spacial score (nSPS) is 12.5. The van der Waals surface area contributed by atoms with Crippen LogP contribution in [0.2, 0.25) is 0 Å². The molecule has 1 nitrogen and oxygen atoms in total. The van der Waals surface area contributed by atoms with Crippen molar-refractivity contribution in [1.82, 2.24) is 0 Å². The SMILES string of the molecule is C=C(CC)CSc1ccc(C(C)O)cc1. The molecule has 0 aliphatic rings. The van der Waals surface area contributed by atoms with Crippen LogP contribution in [0.5, 0.6) is 0 Å².